The standard InChI is InChI=1S/C8H16N2/c1-7-5-3-4-6-8(7)10-9-2/h7,9H,3-6H2,1-2H3/b10-8-. The lowest BCUT2D eigenvalue weighted by molar-refractivity contribution is 0.553. The number of hydrogen-bond acceptors (Lipinski definition) is 2. The smallest absolute Gasteiger partial charge is 0.0406 e. The van der Waals surface area contributed by atoms with Crippen LogP contribution in [0.4, 0.5) is 0 Å². The molecule has 58 valence electrons. The maximum Gasteiger partial charge on any atom is 0.0406 e. The minimum Gasteiger partial charge on any atom is -0.313 e. The molecular formula is C8H16N2. The van der Waals surface area contributed by atoms with Gasteiger partial charge in [0.2, 0.25) is 0 Å². The molecule has 1 fully saturated rings. The zero-order valence-corrected chi connectivity index (χ0v) is 6.85. The first-order chi connectivity index (χ1) is 4.84. The summed E-state index contributed by atoms with van der Waals surface area (Å²) in [4.78, 5) is 0. The van der Waals surface area contributed by atoms with Crippen molar-refractivity contribution in [2.24, 2.45) is 11.0 Å². The molecule has 1 N–H and O–H groups in total. The third-order valence-electron chi connectivity index (χ3n) is 2.14. The van der Waals surface area contributed by atoms with E-state index in [0.717, 1.165) is 0 Å². The Morgan fingerprint density at radius 3 is 2.90 bits per heavy atom. The Kier molecular flexibility index (Phi) is 2.72. The van der Waals surface area contributed by atoms with Crippen molar-refractivity contribution in [3.8, 4) is 0 Å². The van der Waals surface area contributed by atoms with Crippen LogP contribution in [0.25, 0.3) is 0 Å². The van der Waals surface area contributed by atoms with Gasteiger partial charge in [0.05, 0.1) is 0 Å². The molecular weight excluding hydrogens is 124 g/mol. The first kappa shape index (κ1) is 7.58. The minimum absolute atomic E-state index is 0.709. The number of rotatable bonds is 1. The fraction of sp³-hybridized carbons (Fsp3) is 0.875. The van der Waals surface area contributed by atoms with Gasteiger partial charge < -0.3 is 5.43 Å². The van der Waals surface area contributed by atoms with E-state index in [4.69, 9.17) is 0 Å². The van der Waals surface area contributed by atoms with E-state index in [-0.39, 0.29) is 0 Å². The highest BCUT2D eigenvalue weighted by molar-refractivity contribution is 5.86. The van der Waals surface area contributed by atoms with E-state index in [1.54, 1.807) is 0 Å². The van der Waals surface area contributed by atoms with E-state index < -0.39 is 0 Å². The maximum absolute atomic E-state index is 4.23. The number of hydrazone groups is 1. The highest BCUT2D eigenvalue weighted by Crippen LogP contribution is 2.20. The topological polar surface area (TPSA) is 24.4 Å². The molecule has 0 saturated heterocycles. The van der Waals surface area contributed by atoms with Gasteiger partial charge in [0.1, 0.15) is 0 Å². The van der Waals surface area contributed by atoms with E-state index in [1.165, 1.54) is 31.4 Å². The van der Waals surface area contributed by atoms with E-state index >= 15 is 0 Å². The first-order valence-corrected chi connectivity index (χ1v) is 4.08. The normalized spacial score (nSPS) is 30.6. The zero-order valence-electron chi connectivity index (χ0n) is 6.85. The second-order valence-electron chi connectivity index (χ2n) is 2.97. The van der Waals surface area contributed by atoms with Crippen LogP contribution < -0.4 is 5.43 Å². The van der Waals surface area contributed by atoms with Crippen molar-refractivity contribution in [1.29, 1.82) is 0 Å². The second kappa shape index (κ2) is 3.59. The summed E-state index contributed by atoms with van der Waals surface area (Å²) in [6.45, 7) is 2.26. The first-order valence-electron chi connectivity index (χ1n) is 4.08. The molecule has 1 aliphatic rings. The van der Waals surface area contributed by atoms with Gasteiger partial charge in [-0.05, 0) is 25.2 Å². The fourth-order valence-corrected chi connectivity index (χ4v) is 1.48. The van der Waals surface area contributed by atoms with Gasteiger partial charge >= 0.3 is 0 Å². The third kappa shape index (κ3) is 1.72. The predicted molar refractivity (Wildman–Crippen MR) is 44.1 cm³/mol. The average Bonchev–Trinajstić information content (AvgIpc) is 1.94. The van der Waals surface area contributed by atoms with E-state index in [2.05, 4.69) is 17.5 Å². The van der Waals surface area contributed by atoms with Crippen LogP contribution in [-0.2, 0) is 0 Å². The van der Waals surface area contributed by atoms with Crippen LogP contribution in [0.5, 0.6) is 0 Å². The molecule has 10 heavy (non-hydrogen) atoms. The molecule has 0 amide bonds. The summed E-state index contributed by atoms with van der Waals surface area (Å²) in [7, 11) is 1.87. The van der Waals surface area contributed by atoms with Crippen LogP contribution in [-0.4, -0.2) is 12.8 Å². The molecule has 0 radical (unpaired) electrons. The summed E-state index contributed by atoms with van der Waals surface area (Å²) in [5, 5.41) is 4.23. The fourth-order valence-electron chi connectivity index (χ4n) is 1.48. The van der Waals surface area contributed by atoms with Gasteiger partial charge in [0.25, 0.3) is 0 Å². The molecule has 1 saturated carbocycles. The van der Waals surface area contributed by atoms with Crippen LogP contribution in [0.1, 0.15) is 32.6 Å². The Balaban J connectivity index is 2.47. The summed E-state index contributed by atoms with van der Waals surface area (Å²) in [6.07, 6.45) is 5.22. The van der Waals surface area contributed by atoms with Gasteiger partial charge in [-0.2, -0.15) is 5.10 Å². The summed E-state index contributed by atoms with van der Waals surface area (Å²) in [5.74, 6) is 0.709. The molecule has 1 aliphatic carbocycles. The Morgan fingerprint density at radius 2 is 2.30 bits per heavy atom. The van der Waals surface area contributed by atoms with Crippen LogP contribution >= 0.6 is 0 Å². The quantitative estimate of drug-likeness (QED) is 0.551. The molecule has 2 heteroatoms. The highest BCUT2D eigenvalue weighted by Gasteiger charge is 2.14. The molecule has 0 bridgehead atoms. The van der Waals surface area contributed by atoms with Gasteiger partial charge in [0, 0.05) is 12.8 Å². The van der Waals surface area contributed by atoms with Gasteiger partial charge in [-0.3, -0.25) is 0 Å². The van der Waals surface area contributed by atoms with Crippen LogP contribution in [0, 0.1) is 5.92 Å². The molecule has 2 nitrogen and oxygen atoms in total. The Bertz CT molecular complexity index is 129. The molecule has 0 heterocycles. The predicted octanol–water partition coefficient (Wildman–Crippen LogP) is 1.77. The third-order valence-corrected chi connectivity index (χ3v) is 2.14. The molecule has 1 unspecified atom stereocenters. The summed E-state index contributed by atoms with van der Waals surface area (Å²) < 4.78 is 0. The highest BCUT2D eigenvalue weighted by atomic mass is 15.3. The SMILES string of the molecule is CN/N=C1/CCCCC1C. The van der Waals surface area contributed by atoms with E-state index in [9.17, 15) is 0 Å². The van der Waals surface area contributed by atoms with Crippen molar-refractivity contribution in [2.45, 2.75) is 32.6 Å². The Labute approximate surface area is 62.7 Å². The Morgan fingerprint density at radius 1 is 1.50 bits per heavy atom. The van der Waals surface area contributed by atoms with Gasteiger partial charge in [0.15, 0.2) is 0 Å². The van der Waals surface area contributed by atoms with Gasteiger partial charge in [-0.25, -0.2) is 0 Å². The summed E-state index contributed by atoms with van der Waals surface area (Å²) >= 11 is 0. The van der Waals surface area contributed by atoms with Crippen molar-refractivity contribution in [2.75, 3.05) is 7.05 Å². The number of nitrogens with one attached hydrogen (secondary N) is 1. The summed E-state index contributed by atoms with van der Waals surface area (Å²) in [6, 6.07) is 0. The van der Waals surface area contributed by atoms with Crippen molar-refractivity contribution >= 4 is 5.71 Å². The van der Waals surface area contributed by atoms with E-state index in [0.29, 0.717) is 5.92 Å². The average molecular weight is 140 g/mol. The van der Waals surface area contributed by atoms with Crippen molar-refractivity contribution < 1.29 is 0 Å². The van der Waals surface area contributed by atoms with Crippen LogP contribution in [0.15, 0.2) is 5.10 Å². The van der Waals surface area contributed by atoms with E-state index in [1.807, 2.05) is 7.05 Å². The molecule has 0 spiro atoms. The largest absolute Gasteiger partial charge is 0.313 e. The molecule has 0 aromatic carbocycles. The van der Waals surface area contributed by atoms with Crippen molar-refractivity contribution in [1.82, 2.24) is 5.43 Å². The molecule has 0 aromatic heterocycles. The molecule has 1 atom stereocenters. The lowest BCUT2D eigenvalue weighted by atomic mass is 9.89. The molecule has 0 aromatic rings. The number of hydrogen-bond donors (Lipinski definition) is 1. The van der Waals surface area contributed by atoms with Crippen molar-refractivity contribution in [3.63, 3.8) is 0 Å². The monoisotopic (exact) mass is 140 g/mol. The minimum atomic E-state index is 0.709. The Hall–Kier alpha value is -0.530. The van der Waals surface area contributed by atoms with Gasteiger partial charge in [-0.15, -0.1) is 0 Å². The number of nitrogens with zero attached hydrogens (tertiary/aromatic N) is 1. The summed E-state index contributed by atoms with van der Waals surface area (Å²) in [5.41, 5.74) is 4.21. The second-order valence-corrected chi connectivity index (χ2v) is 2.97. The zero-order chi connectivity index (χ0) is 7.40. The molecule has 0 aliphatic heterocycles. The maximum atomic E-state index is 4.23. The van der Waals surface area contributed by atoms with Crippen LogP contribution in [0.2, 0.25) is 0 Å². The van der Waals surface area contributed by atoms with Crippen LogP contribution in [0.3, 0.4) is 0 Å². The lowest BCUT2D eigenvalue weighted by Gasteiger charge is -2.19. The van der Waals surface area contributed by atoms with Gasteiger partial charge in [-0.1, -0.05) is 13.3 Å². The lowest BCUT2D eigenvalue weighted by Crippen LogP contribution is -2.18. The van der Waals surface area contributed by atoms with Crippen molar-refractivity contribution in [3.05, 3.63) is 0 Å². The molecule has 1 rings (SSSR count).